The van der Waals surface area contributed by atoms with E-state index in [-0.39, 0.29) is 6.03 Å². The monoisotopic (exact) mass is 391 g/mol. The number of anilines is 1. The predicted octanol–water partition coefficient (Wildman–Crippen LogP) is 5.68. The van der Waals surface area contributed by atoms with Crippen LogP contribution in [-0.2, 0) is 13.1 Å². The van der Waals surface area contributed by atoms with Crippen LogP contribution in [0, 0.1) is 0 Å². The van der Waals surface area contributed by atoms with E-state index in [1.54, 1.807) is 40.6 Å². The normalized spacial score (nSPS) is 10.5. The summed E-state index contributed by atoms with van der Waals surface area (Å²) in [7, 11) is 0. The van der Waals surface area contributed by atoms with Gasteiger partial charge in [0.25, 0.3) is 0 Å². The molecule has 3 rings (SSSR count). The summed E-state index contributed by atoms with van der Waals surface area (Å²) in [6.07, 6.45) is 1.72. The fourth-order valence-electron chi connectivity index (χ4n) is 2.27. The van der Waals surface area contributed by atoms with Crippen LogP contribution in [0.4, 0.5) is 10.5 Å². The standard InChI is InChI=1S/C18H15Cl2N3OS/c19-16-5-4-14(9-17(16)20)22-18(24)23(10-13-6-8-25-12-13)11-15-3-1-2-7-21-15/h1-9,12H,10-11H2,(H,22,24). The minimum atomic E-state index is -0.227. The van der Waals surface area contributed by atoms with Gasteiger partial charge in [0.1, 0.15) is 0 Å². The summed E-state index contributed by atoms with van der Waals surface area (Å²) >= 11 is 13.5. The van der Waals surface area contributed by atoms with Crippen LogP contribution in [0.15, 0.2) is 59.4 Å². The quantitative estimate of drug-likeness (QED) is 0.607. The molecule has 128 valence electrons. The van der Waals surface area contributed by atoms with E-state index in [0.717, 1.165) is 11.3 Å². The number of amides is 2. The highest BCUT2D eigenvalue weighted by Gasteiger charge is 2.16. The number of hydrogen-bond acceptors (Lipinski definition) is 3. The molecule has 0 radical (unpaired) electrons. The minimum Gasteiger partial charge on any atom is -0.314 e. The maximum Gasteiger partial charge on any atom is 0.322 e. The lowest BCUT2D eigenvalue weighted by Crippen LogP contribution is -2.34. The van der Waals surface area contributed by atoms with Gasteiger partial charge in [0.2, 0.25) is 0 Å². The SMILES string of the molecule is O=C(Nc1ccc(Cl)c(Cl)c1)N(Cc1ccsc1)Cc1ccccn1. The minimum absolute atomic E-state index is 0.227. The lowest BCUT2D eigenvalue weighted by atomic mass is 10.2. The fourth-order valence-corrected chi connectivity index (χ4v) is 3.22. The van der Waals surface area contributed by atoms with Crippen molar-refractivity contribution >= 4 is 46.3 Å². The smallest absolute Gasteiger partial charge is 0.314 e. The first-order valence-electron chi connectivity index (χ1n) is 7.54. The maximum atomic E-state index is 12.8. The number of carbonyl (C=O) groups is 1. The summed E-state index contributed by atoms with van der Waals surface area (Å²) < 4.78 is 0. The molecule has 7 heteroatoms. The van der Waals surface area contributed by atoms with Crippen LogP contribution in [-0.4, -0.2) is 15.9 Å². The molecule has 1 N–H and O–H groups in total. The highest BCUT2D eigenvalue weighted by atomic mass is 35.5. The van der Waals surface area contributed by atoms with Crippen molar-refractivity contribution in [3.8, 4) is 0 Å². The van der Waals surface area contributed by atoms with Gasteiger partial charge in [0.05, 0.1) is 22.3 Å². The molecule has 0 aliphatic carbocycles. The Balaban J connectivity index is 1.77. The maximum absolute atomic E-state index is 12.8. The molecule has 3 aromatic rings. The molecule has 1 aromatic carbocycles. The number of benzene rings is 1. The topological polar surface area (TPSA) is 45.2 Å². The predicted molar refractivity (Wildman–Crippen MR) is 103 cm³/mol. The third-order valence-electron chi connectivity index (χ3n) is 3.49. The van der Waals surface area contributed by atoms with Crippen molar-refractivity contribution in [3.63, 3.8) is 0 Å². The summed E-state index contributed by atoms with van der Waals surface area (Å²) in [5, 5.41) is 7.72. The number of carbonyl (C=O) groups excluding carboxylic acids is 1. The average molecular weight is 392 g/mol. The van der Waals surface area contributed by atoms with Crippen molar-refractivity contribution in [1.82, 2.24) is 9.88 Å². The van der Waals surface area contributed by atoms with E-state index >= 15 is 0 Å². The van der Waals surface area contributed by atoms with Crippen LogP contribution in [0.1, 0.15) is 11.3 Å². The summed E-state index contributed by atoms with van der Waals surface area (Å²) in [6, 6.07) is 12.4. The van der Waals surface area contributed by atoms with Crippen LogP contribution in [0.3, 0.4) is 0 Å². The van der Waals surface area contributed by atoms with Crippen LogP contribution in [0.2, 0.25) is 10.0 Å². The zero-order chi connectivity index (χ0) is 17.6. The molecule has 0 unspecified atom stereocenters. The van der Waals surface area contributed by atoms with Gasteiger partial charge in [0.15, 0.2) is 0 Å². The van der Waals surface area contributed by atoms with E-state index in [9.17, 15) is 4.79 Å². The number of thiophene rings is 1. The van der Waals surface area contributed by atoms with Crippen molar-refractivity contribution < 1.29 is 4.79 Å². The van der Waals surface area contributed by atoms with Crippen LogP contribution < -0.4 is 5.32 Å². The largest absolute Gasteiger partial charge is 0.322 e. The van der Waals surface area contributed by atoms with Gasteiger partial charge in [-0.15, -0.1) is 0 Å². The highest BCUT2D eigenvalue weighted by Crippen LogP contribution is 2.25. The van der Waals surface area contributed by atoms with Gasteiger partial charge in [-0.3, -0.25) is 4.98 Å². The Morgan fingerprint density at radius 2 is 2.00 bits per heavy atom. The molecule has 0 spiro atoms. The third-order valence-corrected chi connectivity index (χ3v) is 4.96. The Labute approximate surface area is 160 Å². The molecule has 0 aliphatic rings. The molecule has 2 amide bonds. The molecular weight excluding hydrogens is 377 g/mol. The zero-order valence-electron chi connectivity index (χ0n) is 13.2. The van der Waals surface area contributed by atoms with Gasteiger partial charge in [-0.25, -0.2) is 4.79 Å². The summed E-state index contributed by atoms with van der Waals surface area (Å²) in [5.41, 5.74) is 2.49. The van der Waals surface area contributed by atoms with Gasteiger partial charge in [-0.1, -0.05) is 29.3 Å². The number of aromatic nitrogens is 1. The van der Waals surface area contributed by atoms with Gasteiger partial charge in [-0.2, -0.15) is 11.3 Å². The van der Waals surface area contributed by atoms with E-state index < -0.39 is 0 Å². The number of pyridine rings is 1. The first-order chi connectivity index (χ1) is 12.1. The molecule has 0 fully saturated rings. The number of hydrogen-bond donors (Lipinski definition) is 1. The molecular formula is C18H15Cl2N3OS. The fraction of sp³-hybridized carbons (Fsp3) is 0.111. The Morgan fingerprint density at radius 1 is 1.12 bits per heavy atom. The van der Waals surface area contributed by atoms with Crippen molar-refractivity contribution in [3.05, 3.63) is 80.7 Å². The van der Waals surface area contributed by atoms with Gasteiger partial charge >= 0.3 is 6.03 Å². The molecule has 0 aliphatic heterocycles. The molecule has 0 bridgehead atoms. The summed E-state index contributed by atoms with van der Waals surface area (Å²) in [5.74, 6) is 0. The van der Waals surface area contributed by atoms with Crippen molar-refractivity contribution in [2.24, 2.45) is 0 Å². The molecule has 0 saturated carbocycles. The first-order valence-corrected chi connectivity index (χ1v) is 9.23. The van der Waals surface area contributed by atoms with E-state index in [2.05, 4.69) is 10.3 Å². The number of nitrogens with zero attached hydrogens (tertiary/aromatic N) is 2. The van der Waals surface area contributed by atoms with E-state index in [0.29, 0.717) is 28.8 Å². The molecule has 4 nitrogen and oxygen atoms in total. The second kappa shape index (κ2) is 8.34. The average Bonchev–Trinajstić information content (AvgIpc) is 3.12. The van der Waals surface area contributed by atoms with Gasteiger partial charge in [-0.05, 0) is 52.7 Å². The molecule has 0 saturated heterocycles. The zero-order valence-corrected chi connectivity index (χ0v) is 15.5. The van der Waals surface area contributed by atoms with Gasteiger partial charge < -0.3 is 10.2 Å². The van der Waals surface area contributed by atoms with Crippen LogP contribution in [0.25, 0.3) is 0 Å². The van der Waals surface area contributed by atoms with Crippen LogP contribution >= 0.6 is 34.5 Å². The Kier molecular flexibility index (Phi) is 5.91. The van der Waals surface area contributed by atoms with Crippen molar-refractivity contribution in [2.45, 2.75) is 13.1 Å². The Hall–Kier alpha value is -2.08. The lowest BCUT2D eigenvalue weighted by molar-refractivity contribution is 0.206. The Bertz CT molecular complexity index is 841. The molecule has 2 heterocycles. The Morgan fingerprint density at radius 3 is 2.68 bits per heavy atom. The summed E-state index contributed by atoms with van der Waals surface area (Å²) in [4.78, 5) is 18.8. The van der Waals surface area contributed by atoms with Crippen molar-refractivity contribution in [2.75, 3.05) is 5.32 Å². The molecule has 0 atom stereocenters. The second-order valence-corrected chi connectivity index (χ2v) is 6.96. The number of halogens is 2. The molecule has 25 heavy (non-hydrogen) atoms. The first kappa shape index (κ1) is 17.7. The van der Waals surface area contributed by atoms with E-state index in [1.165, 1.54) is 0 Å². The number of urea groups is 1. The van der Waals surface area contributed by atoms with Crippen molar-refractivity contribution in [1.29, 1.82) is 0 Å². The lowest BCUT2D eigenvalue weighted by Gasteiger charge is -2.22. The van der Waals surface area contributed by atoms with E-state index in [4.69, 9.17) is 23.2 Å². The number of nitrogens with one attached hydrogen (secondary N) is 1. The highest BCUT2D eigenvalue weighted by molar-refractivity contribution is 7.07. The van der Waals surface area contributed by atoms with Gasteiger partial charge in [0, 0.05) is 18.4 Å². The summed E-state index contributed by atoms with van der Waals surface area (Å²) in [6.45, 7) is 0.900. The molecule has 2 aromatic heterocycles. The second-order valence-electron chi connectivity index (χ2n) is 5.37. The third kappa shape index (κ3) is 4.95. The number of rotatable bonds is 5. The van der Waals surface area contributed by atoms with E-state index in [1.807, 2.05) is 35.0 Å². The van der Waals surface area contributed by atoms with Crippen LogP contribution in [0.5, 0.6) is 0 Å².